The molecule has 2 heterocycles. The predicted molar refractivity (Wildman–Crippen MR) is 93.6 cm³/mol. The lowest BCUT2D eigenvalue weighted by Gasteiger charge is -2.26. The molecule has 3 aromatic rings. The molecule has 23 heavy (non-hydrogen) atoms. The van der Waals surface area contributed by atoms with E-state index in [4.69, 9.17) is 16.0 Å². The minimum Gasteiger partial charge on any atom is -0.436 e. The molecule has 1 saturated heterocycles. The molecule has 0 amide bonds. The second kappa shape index (κ2) is 6.34. The Labute approximate surface area is 140 Å². The summed E-state index contributed by atoms with van der Waals surface area (Å²) >= 11 is 6.05. The summed E-state index contributed by atoms with van der Waals surface area (Å²) in [6, 6.07) is 13.9. The van der Waals surface area contributed by atoms with E-state index in [2.05, 4.69) is 22.0 Å². The average molecular weight is 327 g/mol. The van der Waals surface area contributed by atoms with E-state index in [9.17, 15) is 0 Å². The van der Waals surface area contributed by atoms with Gasteiger partial charge in [0.25, 0.3) is 0 Å². The first-order valence-corrected chi connectivity index (χ1v) is 8.53. The molecule has 0 bridgehead atoms. The molecule has 118 valence electrons. The number of oxazole rings is 1. The first kappa shape index (κ1) is 14.7. The Morgan fingerprint density at radius 2 is 1.91 bits per heavy atom. The van der Waals surface area contributed by atoms with Gasteiger partial charge in [-0.15, -0.1) is 0 Å². The third-order valence-corrected chi connectivity index (χ3v) is 4.61. The Bertz CT molecular complexity index is 821. The van der Waals surface area contributed by atoms with Crippen molar-refractivity contribution in [1.29, 1.82) is 0 Å². The number of fused-ring (bicyclic) bond motifs is 1. The molecule has 4 heteroatoms. The van der Waals surface area contributed by atoms with Gasteiger partial charge in [0.15, 0.2) is 5.58 Å². The van der Waals surface area contributed by atoms with Crippen molar-refractivity contribution in [3.05, 3.63) is 53.1 Å². The van der Waals surface area contributed by atoms with Crippen molar-refractivity contribution in [2.24, 2.45) is 0 Å². The molecule has 0 saturated carbocycles. The van der Waals surface area contributed by atoms with Crippen LogP contribution in [0.2, 0.25) is 5.02 Å². The van der Waals surface area contributed by atoms with Crippen LogP contribution in [0, 0.1) is 0 Å². The van der Waals surface area contributed by atoms with Crippen molar-refractivity contribution in [2.75, 3.05) is 13.1 Å². The maximum atomic E-state index is 6.05. The van der Waals surface area contributed by atoms with Gasteiger partial charge in [-0.3, -0.25) is 4.90 Å². The number of benzene rings is 2. The topological polar surface area (TPSA) is 29.3 Å². The Balaban J connectivity index is 1.61. The van der Waals surface area contributed by atoms with Crippen LogP contribution in [0.4, 0.5) is 0 Å². The van der Waals surface area contributed by atoms with Crippen LogP contribution in [0.1, 0.15) is 24.8 Å². The number of piperidine rings is 1. The van der Waals surface area contributed by atoms with E-state index in [1.165, 1.54) is 37.9 Å². The van der Waals surface area contributed by atoms with Gasteiger partial charge in [-0.1, -0.05) is 30.2 Å². The number of hydrogen-bond acceptors (Lipinski definition) is 3. The molecular formula is C19H19ClN2O. The zero-order valence-corrected chi connectivity index (χ0v) is 13.7. The summed E-state index contributed by atoms with van der Waals surface area (Å²) in [7, 11) is 0. The maximum absolute atomic E-state index is 6.05. The van der Waals surface area contributed by atoms with Gasteiger partial charge in [-0.2, -0.15) is 0 Å². The van der Waals surface area contributed by atoms with Gasteiger partial charge in [-0.25, -0.2) is 4.98 Å². The molecule has 0 spiro atoms. The number of likely N-dealkylation sites (tertiary alicyclic amines) is 1. The van der Waals surface area contributed by atoms with Gasteiger partial charge in [0.1, 0.15) is 5.52 Å². The number of aromatic nitrogens is 1. The molecule has 0 atom stereocenters. The molecule has 0 N–H and O–H groups in total. The second-order valence-electron chi connectivity index (χ2n) is 6.17. The minimum atomic E-state index is 0.623. The lowest BCUT2D eigenvalue weighted by molar-refractivity contribution is 0.221. The number of hydrogen-bond donors (Lipinski definition) is 0. The summed E-state index contributed by atoms with van der Waals surface area (Å²) in [6.45, 7) is 3.39. The molecule has 1 aromatic heterocycles. The average Bonchev–Trinajstić information content (AvgIpc) is 2.99. The van der Waals surface area contributed by atoms with E-state index in [1.54, 1.807) is 0 Å². The molecule has 1 aliphatic rings. The number of rotatable bonds is 3. The third kappa shape index (κ3) is 3.26. The maximum Gasteiger partial charge on any atom is 0.227 e. The van der Waals surface area contributed by atoms with Crippen LogP contribution in [0.5, 0.6) is 0 Å². The van der Waals surface area contributed by atoms with E-state index >= 15 is 0 Å². The highest BCUT2D eigenvalue weighted by molar-refractivity contribution is 6.30. The summed E-state index contributed by atoms with van der Waals surface area (Å²) < 4.78 is 5.87. The summed E-state index contributed by atoms with van der Waals surface area (Å²) in [4.78, 5) is 7.15. The molecule has 2 aromatic carbocycles. The van der Waals surface area contributed by atoms with Crippen molar-refractivity contribution >= 4 is 22.7 Å². The smallest absolute Gasteiger partial charge is 0.227 e. The number of halogens is 1. The first-order valence-electron chi connectivity index (χ1n) is 8.16. The molecule has 1 aliphatic heterocycles. The third-order valence-electron chi connectivity index (χ3n) is 4.38. The standard InChI is InChI=1S/C19H19ClN2O/c20-16-6-4-5-15(12-16)19-21-17-11-14(7-8-18(17)23-19)13-22-9-2-1-3-10-22/h4-8,11-12H,1-3,9-10,13H2. The van der Waals surface area contributed by atoms with E-state index in [1.807, 2.05) is 30.3 Å². The Hall–Kier alpha value is -1.84. The largest absolute Gasteiger partial charge is 0.436 e. The highest BCUT2D eigenvalue weighted by Gasteiger charge is 2.13. The number of nitrogens with zero attached hydrogens (tertiary/aromatic N) is 2. The van der Waals surface area contributed by atoms with E-state index in [0.717, 1.165) is 23.2 Å². The van der Waals surface area contributed by atoms with Crippen LogP contribution >= 0.6 is 11.6 Å². The van der Waals surface area contributed by atoms with E-state index in [-0.39, 0.29) is 0 Å². The fraction of sp³-hybridized carbons (Fsp3) is 0.316. The summed E-state index contributed by atoms with van der Waals surface area (Å²) in [5.74, 6) is 0.623. The molecule has 1 fully saturated rings. The highest BCUT2D eigenvalue weighted by Crippen LogP contribution is 2.27. The van der Waals surface area contributed by atoms with Crippen LogP contribution < -0.4 is 0 Å². The van der Waals surface area contributed by atoms with Gasteiger partial charge >= 0.3 is 0 Å². The van der Waals surface area contributed by atoms with E-state index in [0.29, 0.717) is 10.9 Å². The van der Waals surface area contributed by atoms with Crippen LogP contribution in [-0.2, 0) is 6.54 Å². The molecule has 0 unspecified atom stereocenters. The van der Waals surface area contributed by atoms with Gasteiger partial charge in [0.2, 0.25) is 5.89 Å². The quantitative estimate of drug-likeness (QED) is 0.667. The zero-order valence-electron chi connectivity index (χ0n) is 13.0. The lowest BCUT2D eigenvalue weighted by Crippen LogP contribution is -2.29. The lowest BCUT2D eigenvalue weighted by atomic mass is 10.1. The molecular weight excluding hydrogens is 308 g/mol. The molecule has 4 rings (SSSR count). The summed E-state index contributed by atoms with van der Waals surface area (Å²) in [5, 5.41) is 0.690. The molecule has 0 aliphatic carbocycles. The van der Waals surface area contributed by atoms with Crippen molar-refractivity contribution in [3.63, 3.8) is 0 Å². The SMILES string of the molecule is Clc1cccc(-c2nc3cc(CN4CCCCC4)ccc3o2)c1. The zero-order chi connectivity index (χ0) is 15.6. The predicted octanol–water partition coefficient (Wildman–Crippen LogP) is 5.13. The van der Waals surface area contributed by atoms with Crippen LogP contribution in [0.3, 0.4) is 0 Å². The van der Waals surface area contributed by atoms with Crippen molar-refractivity contribution in [1.82, 2.24) is 9.88 Å². The monoisotopic (exact) mass is 326 g/mol. The first-order chi connectivity index (χ1) is 11.3. The fourth-order valence-electron chi connectivity index (χ4n) is 3.19. The Morgan fingerprint density at radius 1 is 1.04 bits per heavy atom. The highest BCUT2D eigenvalue weighted by atomic mass is 35.5. The normalized spacial score (nSPS) is 16.0. The van der Waals surface area contributed by atoms with Crippen LogP contribution in [-0.4, -0.2) is 23.0 Å². The summed E-state index contributed by atoms with van der Waals surface area (Å²) in [6.07, 6.45) is 3.98. The van der Waals surface area contributed by atoms with Gasteiger partial charge < -0.3 is 4.42 Å². The fourth-order valence-corrected chi connectivity index (χ4v) is 3.38. The van der Waals surface area contributed by atoms with Crippen LogP contribution in [0.15, 0.2) is 46.9 Å². The van der Waals surface area contributed by atoms with E-state index < -0.39 is 0 Å². The Kier molecular flexibility index (Phi) is 4.06. The van der Waals surface area contributed by atoms with Crippen molar-refractivity contribution < 1.29 is 4.42 Å². The van der Waals surface area contributed by atoms with Gasteiger partial charge in [-0.05, 0) is 61.8 Å². The second-order valence-corrected chi connectivity index (χ2v) is 6.60. The molecule has 0 radical (unpaired) electrons. The van der Waals surface area contributed by atoms with Gasteiger partial charge in [0.05, 0.1) is 0 Å². The van der Waals surface area contributed by atoms with Gasteiger partial charge in [0, 0.05) is 17.1 Å². The van der Waals surface area contributed by atoms with Crippen molar-refractivity contribution in [3.8, 4) is 11.5 Å². The van der Waals surface area contributed by atoms with Crippen LogP contribution in [0.25, 0.3) is 22.6 Å². The summed E-state index contributed by atoms with van der Waals surface area (Å²) in [5.41, 5.74) is 3.94. The molecule has 3 nitrogen and oxygen atoms in total. The van der Waals surface area contributed by atoms with Crippen molar-refractivity contribution in [2.45, 2.75) is 25.8 Å². The minimum absolute atomic E-state index is 0.623. The Morgan fingerprint density at radius 3 is 2.74 bits per heavy atom.